The molecule has 0 aromatic carbocycles. The maximum atomic E-state index is 12.0. The number of rotatable bonds is 5. The van der Waals surface area contributed by atoms with Gasteiger partial charge >= 0.3 is 0 Å². The normalized spacial score (nSPS) is 15.2. The lowest BCUT2D eigenvalue weighted by Gasteiger charge is -2.18. The summed E-state index contributed by atoms with van der Waals surface area (Å²) in [6.45, 7) is 7.54. The minimum atomic E-state index is -2.87. The van der Waals surface area contributed by atoms with Crippen molar-refractivity contribution in [3.63, 3.8) is 0 Å². The van der Waals surface area contributed by atoms with Crippen LogP contribution in [0.25, 0.3) is 0 Å². The zero-order chi connectivity index (χ0) is 10.5. The van der Waals surface area contributed by atoms with Crippen molar-refractivity contribution in [2.75, 3.05) is 12.8 Å². The van der Waals surface area contributed by atoms with E-state index in [9.17, 15) is 9.36 Å². The predicted molar refractivity (Wildman–Crippen MR) is 53.8 cm³/mol. The molecule has 76 valence electrons. The van der Waals surface area contributed by atoms with Crippen LogP contribution in [0.2, 0.25) is 0 Å². The zero-order valence-electron chi connectivity index (χ0n) is 8.66. The second kappa shape index (κ2) is 5.39. The lowest BCUT2D eigenvalue weighted by atomic mass is 10.2. The highest BCUT2D eigenvalue weighted by molar-refractivity contribution is 7.63. The summed E-state index contributed by atoms with van der Waals surface area (Å²) < 4.78 is 17.2. The molecule has 0 saturated heterocycles. The van der Waals surface area contributed by atoms with Crippen molar-refractivity contribution in [2.24, 2.45) is 5.92 Å². The molecule has 0 aromatic heterocycles. The summed E-state index contributed by atoms with van der Waals surface area (Å²) in [6, 6.07) is 0. The second-order valence-electron chi connectivity index (χ2n) is 3.05. The minimum Gasteiger partial charge on any atom is -0.325 e. The molecule has 0 saturated carbocycles. The van der Waals surface area contributed by atoms with Gasteiger partial charge in [0.25, 0.3) is 0 Å². The molecule has 0 heterocycles. The van der Waals surface area contributed by atoms with E-state index < -0.39 is 7.37 Å². The van der Waals surface area contributed by atoms with Gasteiger partial charge in [0.1, 0.15) is 11.3 Å². The Balaban J connectivity index is 4.94. The van der Waals surface area contributed by atoms with Crippen LogP contribution in [0, 0.1) is 5.92 Å². The van der Waals surface area contributed by atoms with E-state index in [0.29, 0.717) is 12.8 Å². The van der Waals surface area contributed by atoms with Gasteiger partial charge in [0, 0.05) is 6.16 Å². The molecule has 0 spiro atoms. The molecule has 1 unspecified atom stereocenters. The van der Waals surface area contributed by atoms with Gasteiger partial charge in [-0.1, -0.05) is 20.8 Å². The summed E-state index contributed by atoms with van der Waals surface area (Å²) >= 11 is 0. The topological polar surface area (TPSA) is 43.4 Å². The summed E-state index contributed by atoms with van der Waals surface area (Å²) in [5.41, 5.74) is 0. The molecule has 0 aliphatic heterocycles. The Kier molecular flexibility index (Phi) is 5.24. The van der Waals surface area contributed by atoms with Crippen molar-refractivity contribution in [1.29, 1.82) is 0 Å². The van der Waals surface area contributed by atoms with Crippen LogP contribution >= 0.6 is 7.37 Å². The number of carbonyl (C=O) groups excluding carboxylic acids is 1. The summed E-state index contributed by atoms with van der Waals surface area (Å²) in [4.78, 5) is 10.6. The van der Waals surface area contributed by atoms with Gasteiger partial charge in [-0.2, -0.15) is 0 Å². The lowest BCUT2D eigenvalue weighted by molar-refractivity contribution is 0.336. The SMILES string of the molecule is CCOP(=O)(CC)C(=C=O)C(C)C. The molecule has 4 heteroatoms. The monoisotopic (exact) mass is 204 g/mol. The van der Waals surface area contributed by atoms with Gasteiger partial charge in [-0.3, -0.25) is 4.57 Å². The lowest BCUT2D eigenvalue weighted by Crippen LogP contribution is -2.02. The van der Waals surface area contributed by atoms with Gasteiger partial charge in [0.05, 0.1) is 6.61 Å². The molecule has 0 bridgehead atoms. The maximum absolute atomic E-state index is 12.0. The van der Waals surface area contributed by atoms with Crippen molar-refractivity contribution in [3.05, 3.63) is 5.31 Å². The van der Waals surface area contributed by atoms with Crippen molar-refractivity contribution < 1.29 is 13.9 Å². The largest absolute Gasteiger partial charge is 0.325 e. The van der Waals surface area contributed by atoms with E-state index in [1.165, 1.54) is 0 Å². The Bertz CT molecular complexity index is 252. The van der Waals surface area contributed by atoms with Gasteiger partial charge in [-0.25, -0.2) is 4.79 Å². The molecule has 0 rings (SSSR count). The van der Waals surface area contributed by atoms with E-state index in [-0.39, 0.29) is 11.2 Å². The van der Waals surface area contributed by atoms with Crippen molar-refractivity contribution in [1.82, 2.24) is 0 Å². The van der Waals surface area contributed by atoms with Crippen LogP contribution in [-0.2, 0) is 13.9 Å². The van der Waals surface area contributed by atoms with Gasteiger partial charge in [-0.15, -0.1) is 0 Å². The Morgan fingerprint density at radius 3 is 2.23 bits per heavy atom. The van der Waals surface area contributed by atoms with Crippen LogP contribution in [0.1, 0.15) is 27.7 Å². The van der Waals surface area contributed by atoms with Crippen LogP contribution in [0.5, 0.6) is 0 Å². The van der Waals surface area contributed by atoms with E-state index >= 15 is 0 Å². The van der Waals surface area contributed by atoms with E-state index in [4.69, 9.17) is 4.52 Å². The van der Waals surface area contributed by atoms with Crippen molar-refractivity contribution in [3.8, 4) is 0 Å². The minimum absolute atomic E-state index is 0.0603. The molecule has 0 radical (unpaired) electrons. The van der Waals surface area contributed by atoms with Crippen LogP contribution in [0.4, 0.5) is 0 Å². The second-order valence-corrected chi connectivity index (χ2v) is 5.77. The number of hydrogen-bond donors (Lipinski definition) is 0. The molecule has 1 atom stereocenters. The predicted octanol–water partition coefficient (Wildman–Crippen LogP) is 2.69. The fourth-order valence-corrected chi connectivity index (χ4v) is 3.13. The Morgan fingerprint density at radius 2 is 2.00 bits per heavy atom. The summed E-state index contributed by atoms with van der Waals surface area (Å²) in [6.07, 6.45) is 0.365. The summed E-state index contributed by atoms with van der Waals surface area (Å²) in [5.74, 6) is 1.70. The third-order valence-electron chi connectivity index (χ3n) is 1.77. The highest BCUT2D eigenvalue weighted by Gasteiger charge is 2.29. The van der Waals surface area contributed by atoms with Crippen LogP contribution in [0.3, 0.4) is 0 Å². The first-order valence-corrected chi connectivity index (χ1v) is 6.32. The quantitative estimate of drug-likeness (QED) is 0.510. The first kappa shape index (κ1) is 12.6. The fourth-order valence-electron chi connectivity index (χ4n) is 1.12. The average Bonchev–Trinajstić information content (AvgIpc) is 2.05. The molecule has 0 amide bonds. The number of allylic oxidation sites excluding steroid dienone is 1. The number of hydrogen-bond acceptors (Lipinski definition) is 3. The highest BCUT2D eigenvalue weighted by atomic mass is 31.2. The molecule has 3 nitrogen and oxygen atoms in total. The third-order valence-corrected chi connectivity index (χ3v) is 4.62. The smallest absolute Gasteiger partial charge is 0.238 e. The van der Waals surface area contributed by atoms with E-state index in [2.05, 4.69) is 0 Å². The molecule has 0 aliphatic carbocycles. The molecular formula is C9H17O3P. The third kappa shape index (κ3) is 3.11. The molecular weight excluding hydrogens is 187 g/mol. The average molecular weight is 204 g/mol. The standard InChI is InChI=1S/C9H17O3P/c1-5-12-13(11,6-2)9(7-10)8(3)4/h8H,5-6H2,1-4H3. The van der Waals surface area contributed by atoms with E-state index in [1.807, 2.05) is 13.8 Å². The molecule has 0 aromatic rings. The Hall–Kier alpha value is -0.360. The van der Waals surface area contributed by atoms with Gasteiger partial charge in [0.15, 0.2) is 0 Å². The molecule has 0 N–H and O–H groups in total. The highest BCUT2D eigenvalue weighted by Crippen LogP contribution is 2.55. The first-order valence-electron chi connectivity index (χ1n) is 4.51. The van der Waals surface area contributed by atoms with E-state index in [0.717, 1.165) is 0 Å². The van der Waals surface area contributed by atoms with Crippen molar-refractivity contribution in [2.45, 2.75) is 27.7 Å². The Morgan fingerprint density at radius 1 is 1.46 bits per heavy atom. The first-order chi connectivity index (χ1) is 6.01. The van der Waals surface area contributed by atoms with Gasteiger partial charge < -0.3 is 4.52 Å². The van der Waals surface area contributed by atoms with Crippen LogP contribution < -0.4 is 0 Å². The summed E-state index contributed by atoms with van der Waals surface area (Å²) in [7, 11) is -2.87. The summed E-state index contributed by atoms with van der Waals surface area (Å²) in [5, 5.41) is 0.289. The van der Waals surface area contributed by atoms with Crippen molar-refractivity contribution >= 4 is 13.3 Å². The molecule has 0 fully saturated rings. The zero-order valence-corrected chi connectivity index (χ0v) is 9.56. The Labute approximate surface area is 79.6 Å². The fraction of sp³-hybridized carbons (Fsp3) is 0.778. The van der Waals surface area contributed by atoms with Crippen LogP contribution in [0.15, 0.2) is 5.31 Å². The van der Waals surface area contributed by atoms with E-state index in [1.54, 1.807) is 19.8 Å². The molecule has 0 aliphatic rings. The van der Waals surface area contributed by atoms with Crippen LogP contribution in [-0.4, -0.2) is 18.7 Å². The molecule has 13 heavy (non-hydrogen) atoms. The van der Waals surface area contributed by atoms with Gasteiger partial charge in [-0.05, 0) is 12.8 Å². The van der Waals surface area contributed by atoms with Gasteiger partial charge in [0.2, 0.25) is 7.37 Å². The maximum Gasteiger partial charge on any atom is 0.238 e.